The van der Waals surface area contributed by atoms with Crippen molar-refractivity contribution in [1.29, 1.82) is 0 Å². The van der Waals surface area contributed by atoms with E-state index in [2.05, 4.69) is 0 Å². The average molecular weight is 297 g/mol. The van der Waals surface area contributed by atoms with E-state index in [1.54, 1.807) is 4.90 Å². The minimum atomic E-state index is -0.106. The second-order valence-electron chi connectivity index (χ2n) is 5.15. The first-order valence-corrected chi connectivity index (χ1v) is 7.57. The summed E-state index contributed by atoms with van der Waals surface area (Å²) in [5, 5.41) is -0.0201. The molecule has 0 aromatic heterocycles. The van der Waals surface area contributed by atoms with Crippen LogP contribution in [0.1, 0.15) is 21.5 Å². The third kappa shape index (κ3) is 2.59. The number of carbonyl (C=O) groups is 2. The summed E-state index contributed by atoms with van der Waals surface area (Å²) in [7, 11) is 0. The van der Waals surface area contributed by atoms with E-state index >= 15 is 0 Å². The SMILES string of the molecule is Cc1ccc(N2CC(=O)Sc3cccc(C)c3C2=O)cc1. The second kappa shape index (κ2) is 5.37. The molecule has 0 bridgehead atoms. The fourth-order valence-corrected chi connectivity index (χ4v) is 3.36. The molecule has 0 N–H and O–H groups in total. The molecular weight excluding hydrogens is 282 g/mol. The largest absolute Gasteiger partial charge is 0.300 e. The lowest BCUT2D eigenvalue weighted by Crippen LogP contribution is -2.33. The van der Waals surface area contributed by atoms with Crippen LogP contribution >= 0.6 is 11.8 Å². The van der Waals surface area contributed by atoms with E-state index in [1.807, 2.05) is 56.3 Å². The number of hydrogen-bond acceptors (Lipinski definition) is 3. The molecule has 4 heteroatoms. The number of anilines is 1. The Morgan fingerprint density at radius 3 is 2.43 bits per heavy atom. The van der Waals surface area contributed by atoms with Gasteiger partial charge in [-0.15, -0.1) is 0 Å². The lowest BCUT2D eigenvalue weighted by atomic mass is 10.1. The zero-order valence-corrected chi connectivity index (χ0v) is 12.7. The molecule has 0 saturated carbocycles. The monoisotopic (exact) mass is 297 g/mol. The minimum Gasteiger partial charge on any atom is -0.300 e. The number of benzene rings is 2. The van der Waals surface area contributed by atoms with Gasteiger partial charge in [0.2, 0.25) is 5.12 Å². The van der Waals surface area contributed by atoms with Crippen LogP contribution in [0.4, 0.5) is 5.69 Å². The molecule has 0 saturated heterocycles. The molecule has 0 unspecified atom stereocenters. The average Bonchev–Trinajstić information content (AvgIpc) is 2.57. The zero-order valence-electron chi connectivity index (χ0n) is 11.9. The van der Waals surface area contributed by atoms with Crippen molar-refractivity contribution in [3.8, 4) is 0 Å². The number of carbonyl (C=O) groups excluding carboxylic acids is 2. The van der Waals surface area contributed by atoms with Crippen LogP contribution in [0.2, 0.25) is 0 Å². The van der Waals surface area contributed by atoms with Crippen LogP contribution in [0.15, 0.2) is 47.4 Å². The molecule has 106 valence electrons. The van der Waals surface area contributed by atoms with Crippen molar-refractivity contribution in [2.45, 2.75) is 18.7 Å². The summed E-state index contributed by atoms with van der Waals surface area (Å²) in [4.78, 5) is 27.3. The standard InChI is InChI=1S/C17H15NO2S/c1-11-6-8-13(9-7-11)18-10-15(19)21-14-5-3-4-12(2)16(14)17(18)20/h3-9H,10H2,1-2H3. The van der Waals surface area contributed by atoms with Gasteiger partial charge >= 0.3 is 0 Å². The molecule has 0 fully saturated rings. The second-order valence-corrected chi connectivity index (χ2v) is 6.25. The van der Waals surface area contributed by atoms with E-state index in [0.29, 0.717) is 5.56 Å². The molecule has 2 aromatic rings. The van der Waals surface area contributed by atoms with Gasteiger partial charge in [0, 0.05) is 10.6 Å². The molecule has 1 aliphatic rings. The molecule has 1 aliphatic heterocycles. The summed E-state index contributed by atoms with van der Waals surface area (Å²) in [6.07, 6.45) is 0. The van der Waals surface area contributed by atoms with Gasteiger partial charge < -0.3 is 0 Å². The number of amides is 1. The highest BCUT2D eigenvalue weighted by molar-refractivity contribution is 8.13. The van der Waals surface area contributed by atoms with Gasteiger partial charge in [-0.2, -0.15) is 0 Å². The quantitative estimate of drug-likeness (QED) is 0.807. The van der Waals surface area contributed by atoms with Gasteiger partial charge in [-0.1, -0.05) is 29.8 Å². The summed E-state index contributed by atoms with van der Waals surface area (Å²) in [6.45, 7) is 4.00. The van der Waals surface area contributed by atoms with Crippen molar-refractivity contribution in [3.05, 3.63) is 59.2 Å². The van der Waals surface area contributed by atoms with Crippen molar-refractivity contribution in [2.75, 3.05) is 11.4 Å². The molecular formula is C17H15NO2S. The summed E-state index contributed by atoms with van der Waals surface area (Å²) in [6, 6.07) is 13.3. The van der Waals surface area contributed by atoms with E-state index in [9.17, 15) is 9.59 Å². The normalized spacial score (nSPS) is 14.9. The topological polar surface area (TPSA) is 37.4 Å². The van der Waals surface area contributed by atoms with Crippen molar-refractivity contribution in [3.63, 3.8) is 0 Å². The van der Waals surface area contributed by atoms with Crippen LogP contribution in [-0.2, 0) is 4.79 Å². The lowest BCUT2D eigenvalue weighted by Gasteiger charge is -2.21. The first-order chi connectivity index (χ1) is 10.1. The van der Waals surface area contributed by atoms with Crippen molar-refractivity contribution >= 4 is 28.5 Å². The fraction of sp³-hybridized carbons (Fsp3) is 0.176. The summed E-state index contributed by atoms with van der Waals surface area (Å²) >= 11 is 1.15. The Kier molecular flexibility index (Phi) is 3.55. The first kappa shape index (κ1) is 13.9. The molecule has 0 atom stereocenters. The minimum absolute atomic E-state index is 0.0201. The van der Waals surface area contributed by atoms with Crippen LogP contribution in [0, 0.1) is 13.8 Å². The predicted octanol–water partition coefficient (Wildman–Crippen LogP) is 3.58. The van der Waals surface area contributed by atoms with Crippen LogP contribution < -0.4 is 4.90 Å². The van der Waals surface area contributed by atoms with Crippen LogP contribution in [-0.4, -0.2) is 17.6 Å². The van der Waals surface area contributed by atoms with E-state index in [-0.39, 0.29) is 17.6 Å². The number of nitrogens with zero attached hydrogens (tertiary/aromatic N) is 1. The summed E-state index contributed by atoms with van der Waals surface area (Å²) in [5.74, 6) is -0.106. The highest BCUT2D eigenvalue weighted by atomic mass is 32.2. The van der Waals surface area contributed by atoms with Gasteiger partial charge in [0.1, 0.15) is 0 Å². The van der Waals surface area contributed by atoms with E-state index in [0.717, 1.165) is 33.5 Å². The fourth-order valence-electron chi connectivity index (χ4n) is 2.42. The molecule has 0 aliphatic carbocycles. The number of hydrogen-bond donors (Lipinski definition) is 0. The molecule has 21 heavy (non-hydrogen) atoms. The van der Waals surface area contributed by atoms with Crippen molar-refractivity contribution < 1.29 is 9.59 Å². The Bertz CT molecular complexity index is 722. The van der Waals surface area contributed by atoms with Gasteiger partial charge in [-0.05, 0) is 49.4 Å². The highest BCUT2D eigenvalue weighted by Crippen LogP contribution is 2.32. The Labute approximate surface area is 128 Å². The Morgan fingerprint density at radius 1 is 1.00 bits per heavy atom. The number of rotatable bonds is 1. The Morgan fingerprint density at radius 2 is 1.71 bits per heavy atom. The Balaban J connectivity index is 2.11. The van der Waals surface area contributed by atoms with Gasteiger partial charge in [0.05, 0.1) is 12.1 Å². The molecule has 0 radical (unpaired) electrons. The van der Waals surface area contributed by atoms with Gasteiger partial charge in [-0.3, -0.25) is 14.5 Å². The van der Waals surface area contributed by atoms with E-state index in [1.165, 1.54) is 0 Å². The molecule has 3 rings (SSSR count). The predicted molar refractivity (Wildman–Crippen MR) is 84.9 cm³/mol. The Hall–Kier alpha value is -2.07. The lowest BCUT2D eigenvalue weighted by molar-refractivity contribution is -0.109. The molecule has 2 aromatic carbocycles. The van der Waals surface area contributed by atoms with Gasteiger partial charge in [0.15, 0.2) is 0 Å². The summed E-state index contributed by atoms with van der Waals surface area (Å²) < 4.78 is 0. The van der Waals surface area contributed by atoms with Crippen LogP contribution in [0.25, 0.3) is 0 Å². The maximum atomic E-state index is 12.8. The summed E-state index contributed by atoms with van der Waals surface area (Å²) in [5.41, 5.74) is 3.42. The number of aryl methyl sites for hydroxylation is 2. The van der Waals surface area contributed by atoms with E-state index in [4.69, 9.17) is 0 Å². The van der Waals surface area contributed by atoms with Gasteiger partial charge in [-0.25, -0.2) is 0 Å². The third-order valence-electron chi connectivity index (χ3n) is 3.55. The van der Waals surface area contributed by atoms with Crippen LogP contribution in [0.3, 0.4) is 0 Å². The maximum absolute atomic E-state index is 12.8. The first-order valence-electron chi connectivity index (χ1n) is 6.75. The molecule has 1 heterocycles. The molecule has 0 spiro atoms. The zero-order chi connectivity index (χ0) is 15.0. The molecule has 3 nitrogen and oxygen atoms in total. The third-order valence-corrected chi connectivity index (χ3v) is 4.47. The van der Waals surface area contributed by atoms with Crippen molar-refractivity contribution in [1.82, 2.24) is 0 Å². The van der Waals surface area contributed by atoms with Gasteiger partial charge in [0.25, 0.3) is 5.91 Å². The highest BCUT2D eigenvalue weighted by Gasteiger charge is 2.29. The van der Waals surface area contributed by atoms with Crippen molar-refractivity contribution in [2.24, 2.45) is 0 Å². The molecule has 1 amide bonds. The maximum Gasteiger partial charge on any atom is 0.260 e. The van der Waals surface area contributed by atoms with Crippen LogP contribution in [0.5, 0.6) is 0 Å². The number of fused-ring (bicyclic) bond motifs is 1. The van der Waals surface area contributed by atoms with E-state index < -0.39 is 0 Å². The smallest absolute Gasteiger partial charge is 0.260 e. The number of thioether (sulfide) groups is 1.